The first-order valence-electron chi connectivity index (χ1n) is 8.02. The fourth-order valence-electron chi connectivity index (χ4n) is 3.38. The molecule has 22 heavy (non-hydrogen) atoms. The number of guanidine groups is 1. The van der Waals surface area contributed by atoms with Crippen LogP contribution >= 0.6 is 0 Å². The van der Waals surface area contributed by atoms with Crippen LogP contribution in [0.2, 0.25) is 0 Å². The van der Waals surface area contributed by atoms with Crippen molar-refractivity contribution in [3.8, 4) is 0 Å². The number of hydrogen-bond acceptors (Lipinski definition) is 3. The van der Waals surface area contributed by atoms with Crippen LogP contribution < -0.4 is 10.6 Å². The molecule has 0 spiro atoms. The van der Waals surface area contributed by atoms with Gasteiger partial charge >= 0.3 is 0 Å². The maximum Gasteiger partial charge on any atom is 0.222 e. The number of nitrogens with one attached hydrogen (secondary N) is 2. The molecule has 0 aromatic heterocycles. The highest BCUT2D eigenvalue weighted by Gasteiger charge is 2.58. The van der Waals surface area contributed by atoms with Gasteiger partial charge in [0.1, 0.15) is 0 Å². The molecule has 0 radical (unpaired) electrons. The third-order valence-electron chi connectivity index (χ3n) is 5.78. The number of likely N-dealkylation sites (tertiary alicyclic amines) is 1. The number of methoxy groups -OCH3 is 1. The fraction of sp³-hybridized carbons (Fsp3) is 0.875. The first-order valence-corrected chi connectivity index (χ1v) is 8.02. The molecular weight excluding hydrogens is 280 g/mol. The minimum absolute atomic E-state index is 0.0404. The summed E-state index contributed by atoms with van der Waals surface area (Å²) in [6.45, 7) is 7.32. The lowest BCUT2D eigenvalue weighted by Gasteiger charge is -2.59. The zero-order chi connectivity index (χ0) is 16.5. The maximum atomic E-state index is 11.6. The second kappa shape index (κ2) is 6.07. The monoisotopic (exact) mass is 310 g/mol. The van der Waals surface area contributed by atoms with E-state index in [1.165, 1.54) is 0 Å². The number of likely N-dealkylation sites (N-methyl/N-ethyl adjacent to an activating group) is 1. The molecule has 0 bridgehead atoms. The minimum Gasteiger partial charge on any atom is -0.378 e. The van der Waals surface area contributed by atoms with Gasteiger partial charge in [-0.3, -0.25) is 9.79 Å². The van der Waals surface area contributed by atoms with E-state index in [9.17, 15) is 4.79 Å². The van der Waals surface area contributed by atoms with E-state index >= 15 is 0 Å². The molecule has 6 heteroatoms. The Hall–Kier alpha value is -1.30. The predicted octanol–water partition coefficient (Wildman–Crippen LogP) is 0.976. The summed E-state index contributed by atoms with van der Waals surface area (Å²) in [6.07, 6.45) is 2.41. The van der Waals surface area contributed by atoms with Gasteiger partial charge in [-0.05, 0) is 19.8 Å². The first kappa shape index (κ1) is 17.1. The van der Waals surface area contributed by atoms with Crippen molar-refractivity contribution in [1.29, 1.82) is 0 Å². The molecule has 1 saturated carbocycles. The van der Waals surface area contributed by atoms with Gasteiger partial charge in [0.2, 0.25) is 5.91 Å². The molecule has 0 aromatic carbocycles. The summed E-state index contributed by atoms with van der Waals surface area (Å²) in [5.41, 5.74) is -0.0559. The van der Waals surface area contributed by atoms with Crippen molar-refractivity contribution in [2.75, 3.05) is 27.7 Å². The molecule has 1 aliphatic carbocycles. The van der Waals surface area contributed by atoms with Gasteiger partial charge in [-0.2, -0.15) is 0 Å². The Morgan fingerprint density at radius 3 is 2.55 bits per heavy atom. The van der Waals surface area contributed by atoms with Crippen molar-refractivity contribution in [1.82, 2.24) is 15.5 Å². The molecule has 3 atom stereocenters. The molecule has 3 unspecified atom stereocenters. The third-order valence-corrected chi connectivity index (χ3v) is 5.78. The van der Waals surface area contributed by atoms with Crippen LogP contribution in [0.4, 0.5) is 0 Å². The van der Waals surface area contributed by atoms with Gasteiger partial charge in [-0.25, -0.2) is 0 Å². The van der Waals surface area contributed by atoms with Gasteiger partial charge in [-0.15, -0.1) is 0 Å². The summed E-state index contributed by atoms with van der Waals surface area (Å²) >= 11 is 0. The van der Waals surface area contributed by atoms with Gasteiger partial charge < -0.3 is 20.3 Å². The van der Waals surface area contributed by atoms with E-state index in [1.54, 1.807) is 19.1 Å². The Bertz CT molecular complexity index is 463. The van der Waals surface area contributed by atoms with Gasteiger partial charge in [0.25, 0.3) is 0 Å². The van der Waals surface area contributed by atoms with Crippen molar-refractivity contribution < 1.29 is 9.53 Å². The van der Waals surface area contributed by atoms with Gasteiger partial charge in [0.05, 0.1) is 5.60 Å². The van der Waals surface area contributed by atoms with E-state index in [1.807, 2.05) is 7.05 Å². The summed E-state index contributed by atoms with van der Waals surface area (Å²) in [7, 11) is 5.42. The average Bonchev–Trinajstić information content (AvgIpc) is 2.49. The Morgan fingerprint density at radius 2 is 2.05 bits per heavy atom. The number of piperidine rings is 1. The van der Waals surface area contributed by atoms with E-state index in [4.69, 9.17) is 4.74 Å². The summed E-state index contributed by atoms with van der Waals surface area (Å²) in [5.74, 6) is 1.03. The number of amides is 1. The number of ether oxygens (including phenoxy) is 1. The quantitative estimate of drug-likeness (QED) is 0.602. The SMILES string of the molecule is CN=C(NC1CCC(=O)N(C)C1)NC1CC(C)(OC)C1(C)C. The summed E-state index contributed by atoms with van der Waals surface area (Å²) in [6, 6.07) is 0.581. The van der Waals surface area contributed by atoms with E-state index < -0.39 is 0 Å². The van der Waals surface area contributed by atoms with Crippen molar-refractivity contribution in [2.45, 2.75) is 57.7 Å². The summed E-state index contributed by atoms with van der Waals surface area (Å²) in [5, 5.41) is 6.95. The van der Waals surface area contributed by atoms with Crippen LogP contribution in [-0.2, 0) is 9.53 Å². The molecule has 1 aliphatic heterocycles. The Labute approximate surface area is 133 Å². The summed E-state index contributed by atoms with van der Waals surface area (Å²) in [4.78, 5) is 17.7. The first-order chi connectivity index (χ1) is 10.2. The van der Waals surface area contributed by atoms with Crippen molar-refractivity contribution >= 4 is 11.9 Å². The standard InChI is InChI=1S/C16H30N4O2/c1-15(2)12(9-16(15,3)22-6)19-14(17-4)18-11-7-8-13(21)20(5)10-11/h11-12H,7-10H2,1-6H3,(H2,17,18,19). The third kappa shape index (κ3) is 2.93. The normalized spacial score (nSPS) is 35.1. The highest BCUT2D eigenvalue weighted by Crippen LogP contribution is 2.51. The van der Waals surface area contributed by atoms with Crippen LogP contribution in [0.1, 0.15) is 40.0 Å². The van der Waals surface area contributed by atoms with Crippen LogP contribution in [-0.4, -0.2) is 62.2 Å². The fourth-order valence-corrected chi connectivity index (χ4v) is 3.38. The van der Waals surface area contributed by atoms with E-state index in [0.717, 1.165) is 25.3 Å². The molecule has 2 rings (SSSR count). The predicted molar refractivity (Wildman–Crippen MR) is 87.9 cm³/mol. The number of carbonyl (C=O) groups is 1. The van der Waals surface area contributed by atoms with Crippen molar-refractivity contribution in [2.24, 2.45) is 10.4 Å². The molecule has 1 amide bonds. The Kier molecular flexibility index (Phi) is 4.70. The lowest BCUT2D eigenvalue weighted by Crippen LogP contribution is -2.70. The smallest absolute Gasteiger partial charge is 0.222 e. The molecule has 0 aromatic rings. The highest BCUT2D eigenvalue weighted by molar-refractivity contribution is 5.81. The highest BCUT2D eigenvalue weighted by atomic mass is 16.5. The van der Waals surface area contributed by atoms with Gasteiger partial charge in [-0.1, -0.05) is 13.8 Å². The zero-order valence-corrected chi connectivity index (χ0v) is 14.7. The van der Waals surface area contributed by atoms with Crippen LogP contribution in [0.15, 0.2) is 4.99 Å². The van der Waals surface area contributed by atoms with Crippen LogP contribution in [0, 0.1) is 5.41 Å². The van der Waals surface area contributed by atoms with Crippen molar-refractivity contribution in [3.63, 3.8) is 0 Å². The number of rotatable bonds is 3. The number of aliphatic imine (C=N–C) groups is 1. The van der Waals surface area contributed by atoms with E-state index in [2.05, 4.69) is 36.4 Å². The molecule has 2 fully saturated rings. The van der Waals surface area contributed by atoms with E-state index in [0.29, 0.717) is 12.5 Å². The Balaban J connectivity index is 1.91. The number of carbonyl (C=O) groups excluding carboxylic acids is 1. The molecule has 1 heterocycles. The van der Waals surface area contributed by atoms with Crippen LogP contribution in [0.3, 0.4) is 0 Å². The molecule has 6 nitrogen and oxygen atoms in total. The molecule has 2 aliphatic rings. The minimum atomic E-state index is -0.0962. The number of hydrogen-bond donors (Lipinski definition) is 2. The topological polar surface area (TPSA) is 66.0 Å². The largest absolute Gasteiger partial charge is 0.378 e. The summed E-state index contributed by atoms with van der Waals surface area (Å²) < 4.78 is 5.67. The maximum absolute atomic E-state index is 11.6. The Morgan fingerprint density at radius 1 is 1.36 bits per heavy atom. The molecule has 1 saturated heterocycles. The lowest BCUT2D eigenvalue weighted by atomic mass is 9.56. The van der Waals surface area contributed by atoms with Crippen LogP contribution in [0.25, 0.3) is 0 Å². The zero-order valence-electron chi connectivity index (χ0n) is 14.7. The van der Waals surface area contributed by atoms with Gasteiger partial charge in [0, 0.05) is 51.7 Å². The van der Waals surface area contributed by atoms with Crippen LogP contribution in [0.5, 0.6) is 0 Å². The number of nitrogens with zero attached hydrogens (tertiary/aromatic N) is 2. The van der Waals surface area contributed by atoms with Gasteiger partial charge in [0.15, 0.2) is 5.96 Å². The lowest BCUT2D eigenvalue weighted by molar-refractivity contribution is -0.176. The second-order valence-electron chi connectivity index (χ2n) is 7.28. The van der Waals surface area contributed by atoms with E-state index in [-0.39, 0.29) is 23.0 Å². The van der Waals surface area contributed by atoms with Crippen molar-refractivity contribution in [3.05, 3.63) is 0 Å². The average molecular weight is 310 g/mol. The molecule has 126 valence electrons. The molecular formula is C16H30N4O2. The molecule has 2 N–H and O–H groups in total. The second-order valence-corrected chi connectivity index (χ2v) is 7.28.